The fraction of sp³-hybridized carbons (Fsp3) is 0.643. The number of ether oxygens (including phenoxy) is 9. The summed E-state index contributed by atoms with van der Waals surface area (Å²) in [6.07, 6.45) is -4.24. The number of nitrogens with one attached hydrogen (secondary N) is 2. The summed E-state index contributed by atoms with van der Waals surface area (Å²) < 4.78 is 56.2. The van der Waals surface area contributed by atoms with Crippen molar-refractivity contribution in [1.29, 1.82) is 0 Å². The van der Waals surface area contributed by atoms with Gasteiger partial charge in [-0.3, -0.25) is 4.90 Å². The molecule has 0 radical (unpaired) electrons. The van der Waals surface area contributed by atoms with E-state index in [1.807, 2.05) is 67.6 Å². The Bertz CT molecular complexity index is 1710. The van der Waals surface area contributed by atoms with Crippen molar-refractivity contribution in [1.82, 2.24) is 15.5 Å². The number of benzene rings is 2. The first-order chi connectivity index (χ1) is 27.6. The van der Waals surface area contributed by atoms with E-state index >= 15 is 0 Å². The second-order valence-corrected chi connectivity index (χ2v) is 16.5. The van der Waals surface area contributed by atoms with Crippen molar-refractivity contribution in [2.45, 2.75) is 146 Å². The molecule has 8 rings (SSSR count). The molecule has 3 amide bonds. The van der Waals surface area contributed by atoms with Gasteiger partial charge in [0.25, 0.3) is 0 Å². The topological polar surface area (TPSA) is 165 Å². The molecular formula is C42H55N3O12. The Hall–Kier alpha value is -3.99. The number of rotatable bonds is 11. The van der Waals surface area contributed by atoms with E-state index in [1.165, 1.54) is 4.90 Å². The quantitative estimate of drug-likeness (QED) is 0.225. The first-order valence-electron chi connectivity index (χ1n) is 20.4. The van der Waals surface area contributed by atoms with Crippen LogP contribution >= 0.6 is 0 Å². The lowest BCUT2D eigenvalue weighted by Crippen LogP contribution is -2.65. The summed E-state index contributed by atoms with van der Waals surface area (Å²) in [5.74, 6) is 0.387. The first-order valence-corrected chi connectivity index (χ1v) is 20.4. The van der Waals surface area contributed by atoms with E-state index in [1.54, 1.807) is 7.05 Å². The number of amides is 3. The largest absolute Gasteiger partial charge is 0.445 e. The normalized spacial score (nSPS) is 39.5. The van der Waals surface area contributed by atoms with Gasteiger partial charge in [-0.1, -0.05) is 88.4 Å². The lowest BCUT2D eigenvalue weighted by molar-refractivity contribution is -0.365. The molecule has 0 spiro atoms. The molecule has 2 N–H and O–H groups in total. The third-order valence-corrected chi connectivity index (χ3v) is 12.3. The molecule has 310 valence electrons. The molecule has 5 heterocycles. The zero-order valence-electron chi connectivity index (χ0n) is 33.1. The monoisotopic (exact) mass is 793 g/mol. The van der Waals surface area contributed by atoms with Crippen molar-refractivity contribution in [2.75, 3.05) is 7.05 Å². The van der Waals surface area contributed by atoms with Crippen LogP contribution in [0.5, 0.6) is 0 Å². The highest BCUT2D eigenvalue weighted by Gasteiger charge is 2.62. The highest BCUT2D eigenvalue weighted by Crippen LogP contribution is 2.45. The Labute approximate surface area is 333 Å². The van der Waals surface area contributed by atoms with E-state index in [9.17, 15) is 14.4 Å². The standard InChI is InChI=1S/C42H55N3O12/c1-6-29-22(2)17-23(3)37(51-29)57-39-31-35(56-42(48)45(31)5)34-30(52-39)18-24(4)38(55-34)54-33-28(44-41(47)50-21-26-15-11-8-12-16-26)19-27(32-36(33)53-32)43-40(46)49-20-25-13-9-7-10-14-25/h7-16,22-24,27-39H,6,17-21H2,1-5H3,(H,43,46)(H,44,47)/t22-,23?,24?,27+,28?,29?,30-,31?,32?,33+,34?,35?,36+,37+,38-,39?/m0/s1. The predicted molar refractivity (Wildman–Crippen MR) is 201 cm³/mol. The van der Waals surface area contributed by atoms with Crippen LogP contribution in [0.25, 0.3) is 0 Å². The lowest BCUT2D eigenvalue weighted by atomic mass is 9.86. The maximum absolute atomic E-state index is 13.3. The highest BCUT2D eigenvalue weighted by atomic mass is 16.8. The highest BCUT2D eigenvalue weighted by molar-refractivity contribution is 5.71. The molecule has 9 unspecified atom stereocenters. The second-order valence-electron chi connectivity index (χ2n) is 16.5. The minimum absolute atomic E-state index is 0.0758. The van der Waals surface area contributed by atoms with Gasteiger partial charge in [-0.15, -0.1) is 0 Å². The Morgan fingerprint density at radius 2 is 1.30 bits per heavy atom. The molecule has 0 aromatic heterocycles. The first kappa shape index (κ1) is 39.8. The van der Waals surface area contributed by atoms with E-state index in [-0.39, 0.29) is 43.7 Å². The minimum atomic E-state index is -0.780. The van der Waals surface area contributed by atoms with Crippen LogP contribution in [0.3, 0.4) is 0 Å². The van der Waals surface area contributed by atoms with Gasteiger partial charge in [0.05, 0.1) is 24.3 Å². The van der Waals surface area contributed by atoms with Crippen LogP contribution in [-0.2, 0) is 55.8 Å². The number of carbonyl (C=O) groups is 3. The summed E-state index contributed by atoms with van der Waals surface area (Å²) in [6.45, 7) is 8.63. The summed E-state index contributed by atoms with van der Waals surface area (Å²) in [5, 5.41) is 5.92. The van der Waals surface area contributed by atoms with Gasteiger partial charge >= 0.3 is 18.3 Å². The van der Waals surface area contributed by atoms with Crippen molar-refractivity contribution >= 4 is 18.3 Å². The third-order valence-electron chi connectivity index (χ3n) is 12.3. The maximum Gasteiger partial charge on any atom is 0.410 e. The zero-order valence-corrected chi connectivity index (χ0v) is 33.1. The Morgan fingerprint density at radius 1 is 0.684 bits per heavy atom. The number of hydrogen-bond acceptors (Lipinski definition) is 12. The minimum Gasteiger partial charge on any atom is -0.445 e. The van der Waals surface area contributed by atoms with Crippen molar-refractivity contribution in [3.63, 3.8) is 0 Å². The van der Waals surface area contributed by atoms with Crippen LogP contribution in [0.2, 0.25) is 0 Å². The third kappa shape index (κ3) is 8.74. The van der Waals surface area contributed by atoms with Gasteiger partial charge in [0.15, 0.2) is 25.0 Å². The van der Waals surface area contributed by atoms with Gasteiger partial charge in [0.2, 0.25) is 0 Å². The average molecular weight is 794 g/mol. The van der Waals surface area contributed by atoms with E-state index in [2.05, 4.69) is 31.4 Å². The van der Waals surface area contributed by atoms with Gasteiger partial charge in [-0.2, -0.15) is 0 Å². The number of nitrogens with zero attached hydrogens (tertiary/aromatic N) is 1. The maximum atomic E-state index is 13.3. The molecule has 16 atom stereocenters. The summed E-state index contributed by atoms with van der Waals surface area (Å²) in [5.41, 5.74) is 1.70. The average Bonchev–Trinajstić information content (AvgIpc) is 3.95. The lowest BCUT2D eigenvalue weighted by Gasteiger charge is -2.50. The molecular weight excluding hydrogens is 738 g/mol. The Kier molecular flexibility index (Phi) is 11.9. The summed E-state index contributed by atoms with van der Waals surface area (Å²) in [6, 6.07) is 17.1. The predicted octanol–water partition coefficient (Wildman–Crippen LogP) is 5.24. The van der Waals surface area contributed by atoms with E-state index in [4.69, 9.17) is 42.6 Å². The van der Waals surface area contributed by atoms with Crippen LogP contribution < -0.4 is 10.6 Å². The number of alkyl carbamates (subject to hydrolysis) is 2. The van der Waals surface area contributed by atoms with Gasteiger partial charge in [-0.25, -0.2) is 14.4 Å². The molecule has 15 nitrogen and oxygen atoms in total. The molecule has 5 saturated heterocycles. The van der Waals surface area contributed by atoms with E-state index < -0.39 is 85.8 Å². The number of hydrogen-bond donors (Lipinski definition) is 2. The fourth-order valence-electron chi connectivity index (χ4n) is 9.18. The molecule has 1 aliphatic carbocycles. The molecule has 57 heavy (non-hydrogen) atoms. The van der Waals surface area contributed by atoms with Gasteiger partial charge in [0, 0.05) is 18.9 Å². The smallest absolute Gasteiger partial charge is 0.410 e. The van der Waals surface area contributed by atoms with Gasteiger partial charge < -0.3 is 53.3 Å². The van der Waals surface area contributed by atoms with Crippen molar-refractivity contribution < 1.29 is 57.0 Å². The van der Waals surface area contributed by atoms with Crippen molar-refractivity contribution in [2.24, 2.45) is 17.8 Å². The van der Waals surface area contributed by atoms with Crippen LogP contribution in [0.15, 0.2) is 60.7 Å². The number of epoxide rings is 1. The Balaban J connectivity index is 0.946. The van der Waals surface area contributed by atoms with Crippen LogP contribution in [0.4, 0.5) is 14.4 Å². The number of likely N-dealkylation sites (N-methyl/N-ethyl adjacent to an activating group) is 1. The molecule has 6 fully saturated rings. The van der Waals surface area contributed by atoms with Crippen molar-refractivity contribution in [3.05, 3.63) is 71.8 Å². The van der Waals surface area contributed by atoms with E-state index in [0.717, 1.165) is 24.0 Å². The number of carbonyl (C=O) groups excluding carboxylic acids is 3. The van der Waals surface area contributed by atoms with Gasteiger partial charge in [-0.05, 0) is 42.7 Å². The van der Waals surface area contributed by atoms with Crippen LogP contribution in [-0.4, -0.2) is 110 Å². The van der Waals surface area contributed by atoms with E-state index in [0.29, 0.717) is 12.3 Å². The van der Waals surface area contributed by atoms with Gasteiger partial charge in [0.1, 0.15) is 43.7 Å². The molecule has 15 heteroatoms. The molecule has 2 aromatic rings. The summed E-state index contributed by atoms with van der Waals surface area (Å²) >= 11 is 0. The molecule has 1 saturated carbocycles. The number of fused-ring (bicyclic) bond motifs is 4. The SMILES string of the molecule is CCC1O[C@H](OC2O[C@H]3CC(C)[C@@H](O[C@@H]4C(NC(=O)OCc5ccccc5)C[C@@H](NC(=O)OCc5ccccc5)C5O[C@H]54)OC3C3OC(=O)N(C)C23)C(C)C[C@@H]1C. The molecule has 2 aromatic carbocycles. The molecule has 6 aliphatic rings. The molecule has 0 bridgehead atoms. The van der Waals surface area contributed by atoms with Crippen LogP contribution in [0.1, 0.15) is 64.5 Å². The summed E-state index contributed by atoms with van der Waals surface area (Å²) in [7, 11) is 1.68. The zero-order chi connectivity index (χ0) is 39.8. The van der Waals surface area contributed by atoms with Crippen molar-refractivity contribution in [3.8, 4) is 0 Å². The summed E-state index contributed by atoms with van der Waals surface area (Å²) in [4.78, 5) is 40.7. The second kappa shape index (κ2) is 17.1. The fourth-order valence-corrected chi connectivity index (χ4v) is 9.18. The molecule has 5 aliphatic heterocycles. The Morgan fingerprint density at radius 3 is 1.95 bits per heavy atom. The van der Waals surface area contributed by atoms with Crippen LogP contribution in [0, 0.1) is 17.8 Å².